The molecule has 0 aliphatic carbocycles. The zero-order valence-electron chi connectivity index (χ0n) is 11.7. The number of likely N-dealkylation sites (tertiary alicyclic amines) is 2. The molecule has 2 rings (SSSR count). The van der Waals surface area contributed by atoms with Gasteiger partial charge in [-0.15, -0.1) is 0 Å². The van der Waals surface area contributed by atoms with Crippen molar-refractivity contribution < 1.29 is 0 Å². The Hall–Kier alpha value is -0.0800. The summed E-state index contributed by atoms with van der Waals surface area (Å²) in [7, 11) is 0. The predicted octanol–water partition coefficient (Wildman–Crippen LogP) is 2.45. The van der Waals surface area contributed by atoms with E-state index in [4.69, 9.17) is 0 Å². The molecule has 0 spiro atoms. The number of rotatable bonds is 3. The normalized spacial score (nSPS) is 25.3. The highest BCUT2D eigenvalue weighted by atomic mass is 15.3. The molecule has 2 saturated heterocycles. The highest BCUT2D eigenvalue weighted by Crippen LogP contribution is 2.35. The molecule has 0 N–H and O–H groups in total. The van der Waals surface area contributed by atoms with Crippen LogP contribution in [0.1, 0.15) is 41.0 Å². The standard InChI is InChI=1S/C14H28N2/c1-13(2,3)12-9-15(10-12)11-14(4,5)16-7-6-8-16/h12H,6-11H2,1-5H3. The molecule has 2 aliphatic heterocycles. The van der Waals surface area contributed by atoms with Gasteiger partial charge in [-0.1, -0.05) is 20.8 Å². The summed E-state index contributed by atoms with van der Waals surface area (Å²) in [6, 6.07) is 0. The first-order chi connectivity index (χ1) is 7.29. The van der Waals surface area contributed by atoms with Crippen molar-refractivity contribution in [2.75, 3.05) is 32.7 Å². The average Bonchev–Trinajstić information content (AvgIpc) is 1.88. The van der Waals surface area contributed by atoms with Crippen LogP contribution in [0.4, 0.5) is 0 Å². The third kappa shape index (κ3) is 2.43. The molecule has 0 aromatic carbocycles. The Labute approximate surface area is 101 Å². The highest BCUT2D eigenvalue weighted by molar-refractivity contribution is 4.95. The summed E-state index contributed by atoms with van der Waals surface area (Å²) in [6.07, 6.45) is 1.40. The number of hydrogen-bond donors (Lipinski definition) is 0. The second-order valence-electron chi connectivity index (χ2n) is 7.41. The Morgan fingerprint density at radius 2 is 1.56 bits per heavy atom. The largest absolute Gasteiger partial charge is 0.301 e. The molecular weight excluding hydrogens is 196 g/mol. The molecule has 16 heavy (non-hydrogen) atoms. The van der Waals surface area contributed by atoms with Gasteiger partial charge in [-0.25, -0.2) is 0 Å². The van der Waals surface area contributed by atoms with Crippen LogP contribution in [-0.2, 0) is 0 Å². The summed E-state index contributed by atoms with van der Waals surface area (Å²) < 4.78 is 0. The summed E-state index contributed by atoms with van der Waals surface area (Å²) >= 11 is 0. The van der Waals surface area contributed by atoms with Crippen LogP contribution < -0.4 is 0 Å². The molecule has 0 saturated carbocycles. The number of hydrogen-bond acceptors (Lipinski definition) is 2. The van der Waals surface area contributed by atoms with Gasteiger partial charge in [0.15, 0.2) is 0 Å². The fourth-order valence-electron chi connectivity index (χ4n) is 2.82. The predicted molar refractivity (Wildman–Crippen MR) is 69.7 cm³/mol. The van der Waals surface area contributed by atoms with Crippen molar-refractivity contribution in [2.45, 2.75) is 46.6 Å². The SMILES string of the molecule is CC(C)(C)C1CN(CC(C)(C)N2CCC2)C1. The molecule has 0 aromatic heterocycles. The Bertz CT molecular complexity index is 242. The Morgan fingerprint density at radius 1 is 1.00 bits per heavy atom. The van der Waals surface area contributed by atoms with Crippen LogP contribution >= 0.6 is 0 Å². The fourth-order valence-corrected chi connectivity index (χ4v) is 2.82. The summed E-state index contributed by atoms with van der Waals surface area (Å²) in [5, 5.41) is 0. The van der Waals surface area contributed by atoms with E-state index in [1.807, 2.05) is 0 Å². The summed E-state index contributed by atoms with van der Waals surface area (Å²) in [5.74, 6) is 0.902. The summed E-state index contributed by atoms with van der Waals surface area (Å²) in [6.45, 7) is 18.4. The Kier molecular flexibility index (Phi) is 3.09. The Balaban J connectivity index is 1.76. The van der Waals surface area contributed by atoms with E-state index in [1.54, 1.807) is 0 Å². The van der Waals surface area contributed by atoms with E-state index >= 15 is 0 Å². The van der Waals surface area contributed by atoms with Crippen LogP contribution in [0.5, 0.6) is 0 Å². The van der Waals surface area contributed by atoms with Crippen molar-refractivity contribution >= 4 is 0 Å². The van der Waals surface area contributed by atoms with Crippen molar-refractivity contribution in [3.05, 3.63) is 0 Å². The molecule has 2 nitrogen and oxygen atoms in total. The topological polar surface area (TPSA) is 6.48 Å². The number of nitrogens with zero attached hydrogens (tertiary/aromatic N) is 2. The molecule has 2 aliphatic rings. The van der Waals surface area contributed by atoms with Gasteiger partial charge in [-0.3, -0.25) is 4.90 Å². The van der Waals surface area contributed by atoms with Crippen LogP contribution in [0.15, 0.2) is 0 Å². The molecule has 2 heteroatoms. The van der Waals surface area contributed by atoms with E-state index in [2.05, 4.69) is 44.4 Å². The molecule has 0 unspecified atom stereocenters. The summed E-state index contributed by atoms with van der Waals surface area (Å²) in [4.78, 5) is 5.26. The van der Waals surface area contributed by atoms with Crippen molar-refractivity contribution in [1.29, 1.82) is 0 Å². The fraction of sp³-hybridized carbons (Fsp3) is 1.00. The van der Waals surface area contributed by atoms with Gasteiger partial charge >= 0.3 is 0 Å². The minimum absolute atomic E-state index is 0.390. The minimum atomic E-state index is 0.390. The van der Waals surface area contributed by atoms with Crippen molar-refractivity contribution in [3.63, 3.8) is 0 Å². The van der Waals surface area contributed by atoms with Crippen LogP contribution in [0, 0.1) is 11.3 Å². The second kappa shape index (κ2) is 3.99. The zero-order chi connectivity index (χ0) is 12.0. The minimum Gasteiger partial charge on any atom is -0.301 e. The molecular formula is C14H28N2. The van der Waals surface area contributed by atoms with Crippen LogP contribution in [-0.4, -0.2) is 48.1 Å². The maximum absolute atomic E-state index is 2.63. The maximum atomic E-state index is 2.63. The van der Waals surface area contributed by atoms with E-state index in [1.165, 1.54) is 39.1 Å². The monoisotopic (exact) mass is 224 g/mol. The first-order valence-corrected chi connectivity index (χ1v) is 6.76. The van der Waals surface area contributed by atoms with E-state index in [9.17, 15) is 0 Å². The smallest absolute Gasteiger partial charge is 0.0280 e. The van der Waals surface area contributed by atoms with Gasteiger partial charge in [0.2, 0.25) is 0 Å². The lowest BCUT2D eigenvalue weighted by atomic mass is 9.75. The molecule has 94 valence electrons. The van der Waals surface area contributed by atoms with Crippen molar-refractivity contribution in [1.82, 2.24) is 9.80 Å². The van der Waals surface area contributed by atoms with Gasteiger partial charge in [0.05, 0.1) is 0 Å². The lowest BCUT2D eigenvalue weighted by Gasteiger charge is -2.52. The molecule has 0 aromatic rings. The first kappa shape index (κ1) is 12.4. The van der Waals surface area contributed by atoms with Gasteiger partial charge in [-0.2, -0.15) is 0 Å². The van der Waals surface area contributed by atoms with Gasteiger partial charge < -0.3 is 4.90 Å². The zero-order valence-corrected chi connectivity index (χ0v) is 11.7. The molecule has 0 radical (unpaired) electrons. The van der Waals surface area contributed by atoms with Gasteiger partial charge in [0.1, 0.15) is 0 Å². The van der Waals surface area contributed by atoms with Crippen molar-refractivity contribution in [3.8, 4) is 0 Å². The van der Waals surface area contributed by atoms with Crippen LogP contribution in [0.2, 0.25) is 0 Å². The molecule has 0 atom stereocenters. The summed E-state index contributed by atoms with van der Waals surface area (Å²) in [5.41, 5.74) is 0.887. The highest BCUT2D eigenvalue weighted by Gasteiger charge is 2.40. The van der Waals surface area contributed by atoms with Gasteiger partial charge in [-0.05, 0) is 44.7 Å². The Morgan fingerprint density at radius 3 is 1.94 bits per heavy atom. The second-order valence-corrected chi connectivity index (χ2v) is 7.41. The van der Waals surface area contributed by atoms with E-state index < -0.39 is 0 Å². The van der Waals surface area contributed by atoms with E-state index in [0.29, 0.717) is 11.0 Å². The average molecular weight is 224 g/mol. The van der Waals surface area contributed by atoms with Crippen LogP contribution in [0.25, 0.3) is 0 Å². The third-order valence-electron chi connectivity index (χ3n) is 4.50. The maximum Gasteiger partial charge on any atom is 0.0280 e. The first-order valence-electron chi connectivity index (χ1n) is 6.76. The third-order valence-corrected chi connectivity index (χ3v) is 4.50. The quantitative estimate of drug-likeness (QED) is 0.726. The lowest BCUT2D eigenvalue weighted by molar-refractivity contribution is -0.0339. The van der Waals surface area contributed by atoms with Gasteiger partial charge in [0.25, 0.3) is 0 Å². The molecule has 0 amide bonds. The molecule has 2 fully saturated rings. The lowest BCUT2D eigenvalue weighted by Crippen LogP contribution is -2.62. The van der Waals surface area contributed by atoms with Crippen molar-refractivity contribution in [2.24, 2.45) is 11.3 Å². The van der Waals surface area contributed by atoms with Gasteiger partial charge in [0, 0.05) is 25.2 Å². The molecule has 2 heterocycles. The van der Waals surface area contributed by atoms with Crippen LogP contribution in [0.3, 0.4) is 0 Å². The van der Waals surface area contributed by atoms with E-state index in [-0.39, 0.29) is 0 Å². The van der Waals surface area contributed by atoms with E-state index in [0.717, 1.165) is 5.92 Å². The molecule has 0 bridgehead atoms.